The van der Waals surface area contributed by atoms with Crippen molar-refractivity contribution in [2.24, 2.45) is 5.73 Å². The molecule has 0 spiro atoms. The van der Waals surface area contributed by atoms with Crippen molar-refractivity contribution in [3.63, 3.8) is 0 Å². The molecule has 8 heteroatoms. The van der Waals surface area contributed by atoms with Crippen molar-refractivity contribution < 1.29 is 19.2 Å². The van der Waals surface area contributed by atoms with Crippen LogP contribution in [0.2, 0.25) is 0 Å². The quantitative estimate of drug-likeness (QED) is 0.457. The molecule has 1 heterocycles. The first-order chi connectivity index (χ1) is 9.85. The van der Waals surface area contributed by atoms with Gasteiger partial charge in [0.05, 0.1) is 0 Å². The van der Waals surface area contributed by atoms with Gasteiger partial charge in [0.2, 0.25) is 23.6 Å². The van der Waals surface area contributed by atoms with Crippen molar-refractivity contribution in [2.75, 3.05) is 0 Å². The maximum absolute atomic E-state index is 11.9. The Morgan fingerprint density at radius 1 is 1.38 bits per heavy atom. The average molecular weight is 298 g/mol. The minimum Gasteiger partial charge on any atom is -0.368 e. The van der Waals surface area contributed by atoms with Gasteiger partial charge in [0.25, 0.3) is 0 Å². The molecule has 0 radical (unpaired) electrons. The molecule has 0 aliphatic carbocycles. The first-order valence-electron chi connectivity index (χ1n) is 7.04. The van der Waals surface area contributed by atoms with Gasteiger partial charge in [0.15, 0.2) is 0 Å². The van der Waals surface area contributed by atoms with Crippen LogP contribution in [0.4, 0.5) is 0 Å². The second-order valence-corrected chi connectivity index (χ2v) is 5.14. The van der Waals surface area contributed by atoms with Gasteiger partial charge in [-0.25, -0.2) is 0 Å². The molecule has 0 aromatic carbocycles. The van der Waals surface area contributed by atoms with Crippen molar-refractivity contribution >= 4 is 23.6 Å². The van der Waals surface area contributed by atoms with Crippen LogP contribution in [0.3, 0.4) is 0 Å². The highest BCUT2D eigenvalue weighted by Gasteiger charge is 2.29. The smallest absolute Gasteiger partial charge is 0.243 e. The second-order valence-electron chi connectivity index (χ2n) is 5.14. The van der Waals surface area contributed by atoms with E-state index in [0.29, 0.717) is 25.7 Å². The first-order valence-corrected chi connectivity index (χ1v) is 7.04. The predicted molar refractivity (Wildman–Crippen MR) is 74.8 cm³/mol. The van der Waals surface area contributed by atoms with Gasteiger partial charge in [0.1, 0.15) is 18.1 Å². The van der Waals surface area contributed by atoms with E-state index < -0.39 is 35.8 Å². The van der Waals surface area contributed by atoms with Crippen LogP contribution in [0, 0.1) is 0 Å². The van der Waals surface area contributed by atoms with Crippen LogP contribution >= 0.6 is 0 Å². The van der Waals surface area contributed by atoms with Crippen molar-refractivity contribution in [3.8, 4) is 0 Å². The lowest BCUT2D eigenvalue weighted by Gasteiger charge is -2.20. The molecule has 1 aliphatic heterocycles. The van der Waals surface area contributed by atoms with Crippen LogP contribution in [0.25, 0.3) is 0 Å². The van der Waals surface area contributed by atoms with E-state index in [4.69, 9.17) is 5.73 Å². The summed E-state index contributed by atoms with van der Waals surface area (Å²) in [7, 11) is 0. The number of nitrogens with one attached hydrogen (secondary N) is 3. The first kappa shape index (κ1) is 16.9. The Bertz CT molecular complexity index is 438. The van der Waals surface area contributed by atoms with E-state index in [-0.39, 0.29) is 5.91 Å². The Morgan fingerprint density at radius 3 is 2.52 bits per heavy atom. The molecule has 21 heavy (non-hydrogen) atoms. The molecule has 1 rings (SSSR count). The van der Waals surface area contributed by atoms with Crippen LogP contribution in [0.1, 0.15) is 39.5 Å². The number of primary amides is 1. The Labute approximate surface area is 123 Å². The fourth-order valence-corrected chi connectivity index (χ4v) is 2.06. The predicted octanol–water partition coefficient (Wildman–Crippen LogP) is -1.46. The molecule has 1 saturated heterocycles. The fourth-order valence-electron chi connectivity index (χ4n) is 2.06. The summed E-state index contributed by atoms with van der Waals surface area (Å²) in [6.07, 6.45) is 1.86. The summed E-state index contributed by atoms with van der Waals surface area (Å²) in [5.41, 5.74) is 5.20. The Hall–Kier alpha value is -2.12. The monoisotopic (exact) mass is 298 g/mol. The molecule has 118 valence electrons. The molecule has 3 unspecified atom stereocenters. The summed E-state index contributed by atoms with van der Waals surface area (Å²) in [4.78, 5) is 46.0. The summed E-state index contributed by atoms with van der Waals surface area (Å²) < 4.78 is 0. The number of hydrogen-bond acceptors (Lipinski definition) is 4. The van der Waals surface area contributed by atoms with Gasteiger partial charge in [-0.15, -0.1) is 0 Å². The molecule has 5 N–H and O–H groups in total. The fraction of sp³-hybridized carbons (Fsp3) is 0.692. The Morgan fingerprint density at radius 2 is 2.05 bits per heavy atom. The largest absolute Gasteiger partial charge is 0.368 e. The van der Waals surface area contributed by atoms with E-state index in [1.807, 2.05) is 6.92 Å². The SMILES string of the molecule is CCCC(NC(=O)C(C)NC(=O)C1CCC(=O)N1)C(N)=O. The topological polar surface area (TPSA) is 130 Å². The molecule has 0 saturated carbocycles. The molecule has 0 aromatic heterocycles. The number of nitrogens with two attached hydrogens (primary N) is 1. The molecule has 0 aromatic rings. The van der Waals surface area contributed by atoms with Gasteiger partial charge >= 0.3 is 0 Å². The van der Waals surface area contributed by atoms with Gasteiger partial charge in [0, 0.05) is 6.42 Å². The number of rotatable bonds is 7. The lowest BCUT2D eigenvalue weighted by Crippen LogP contribution is -2.54. The van der Waals surface area contributed by atoms with Crippen LogP contribution in [0.5, 0.6) is 0 Å². The molecule has 3 atom stereocenters. The summed E-state index contributed by atoms with van der Waals surface area (Å²) in [5.74, 6) is -1.67. The lowest BCUT2D eigenvalue weighted by molar-refractivity contribution is -0.132. The van der Waals surface area contributed by atoms with E-state index in [0.717, 1.165) is 0 Å². The van der Waals surface area contributed by atoms with Crippen LogP contribution < -0.4 is 21.7 Å². The van der Waals surface area contributed by atoms with Crippen LogP contribution in [-0.4, -0.2) is 41.8 Å². The Balaban J connectivity index is 2.48. The van der Waals surface area contributed by atoms with Crippen molar-refractivity contribution in [3.05, 3.63) is 0 Å². The minimum atomic E-state index is -0.811. The number of hydrogen-bond donors (Lipinski definition) is 4. The average Bonchev–Trinajstić information content (AvgIpc) is 2.84. The van der Waals surface area contributed by atoms with Gasteiger partial charge in [-0.2, -0.15) is 0 Å². The Kier molecular flexibility index (Phi) is 6.13. The second kappa shape index (κ2) is 7.61. The van der Waals surface area contributed by atoms with Crippen LogP contribution in [-0.2, 0) is 19.2 Å². The van der Waals surface area contributed by atoms with Gasteiger partial charge in [-0.05, 0) is 19.8 Å². The third kappa shape index (κ3) is 5.05. The number of amides is 4. The van der Waals surface area contributed by atoms with Crippen LogP contribution in [0.15, 0.2) is 0 Å². The molecular weight excluding hydrogens is 276 g/mol. The number of carbonyl (C=O) groups excluding carboxylic acids is 4. The van der Waals surface area contributed by atoms with Crippen molar-refractivity contribution in [1.29, 1.82) is 0 Å². The maximum Gasteiger partial charge on any atom is 0.243 e. The van der Waals surface area contributed by atoms with E-state index in [9.17, 15) is 19.2 Å². The van der Waals surface area contributed by atoms with E-state index >= 15 is 0 Å². The number of carbonyl (C=O) groups is 4. The molecule has 1 fully saturated rings. The zero-order valence-corrected chi connectivity index (χ0v) is 12.3. The molecule has 0 bridgehead atoms. The van der Waals surface area contributed by atoms with E-state index in [1.54, 1.807) is 0 Å². The zero-order valence-electron chi connectivity index (χ0n) is 12.3. The highest BCUT2D eigenvalue weighted by Crippen LogP contribution is 2.06. The standard InChI is InChI=1S/C13H22N4O4/c1-3-4-8(11(14)19)17-12(20)7(2)15-13(21)9-5-6-10(18)16-9/h7-9H,3-6H2,1-2H3,(H2,14,19)(H,15,21)(H,16,18)(H,17,20). The summed E-state index contributed by atoms with van der Waals surface area (Å²) in [5, 5.41) is 7.54. The lowest BCUT2D eigenvalue weighted by atomic mass is 10.1. The van der Waals surface area contributed by atoms with Gasteiger partial charge in [-0.1, -0.05) is 13.3 Å². The van der Waals surface area contributed by atoms with Gasteiger partial charge < -0.3 is 21.7 Å². The highest BCUT2D eigenvalue weighted by molar-refractivity contribution is 5.95. The van der Waals surface area contributed by atoms with Crippen molar-refractivity contribution in [1.82, 2.24) is 16.0 Å². The molecule has 8 nitrogen and oxygen atoms in total. The van der Waals surface area contributed by atoms with Gasteiger partial charge in [-0.3, -0.25) is 19.2 Å². The molecule has 1 aliphatic rings. The third-order valence-electron chi connectivity index (χ3n) is 3.30. The highest BCUT2D eigenvalue weighted by atomic mass is 16.2. The molecular formula is C13H22N4O4. The summed E-state index contributed by atoms with van der Waals surface area (Å²) in [6.45, 7) is 3.38. The normalized spacial score (nSPS) is 20.3. The zero-order chi connectivity index (χ0) is 16.0. The minimum absolute atomic E-state index is 0.177. The summed E-state index contributed by atoms with van der Waals surface area (Å²) in [6, 6.07) is -2.16. The van der Waals surface area contributed by atoms with Crippen molar-refractivity contribution in [2.45, 2.75) is 57.7 Å². The summed E-state index contributed by atoms with van der Waals surface area (Å²) >= 11 is 0. The third-order valence-corrected chi connectivity index (χ3v) is 3.30. The van der Waals surface area contributed by atoms with E-state index in [2.05, 4.69) is 16.0 Å². The van der Waals surface area contributed by atoms with E-state index in [1.165, 1.54) is 6.92 Å². The maximum atomic E-state index is 11.9. The molecule has 4 amide bonds.